The number of hydrogen-bond donors (Lipinski definition) is 1. The lowest BCUT2D eigenvalue weighted by molar-refractivity contribution is -0.119. The van der Waals surface area contributed by atoms with Crippen molar-refractivity contribution in [1.82, 2.24) is 14.3 Å². The largest absolute Gasteiger partial charge is 0.334 e. The summed E-state index contributed by atoms with van der Waals surface area (Å²) in [6.45, 7) is 4.66. The Labute approximate surface area is 241 Å². The molecule has 1 aliphatic rings. The number of amides is 1. The van der Waals surface area contributed by atoms with Crippen molar-refractivity contribution >= 4 is 23.5 Å². The number of aromatic nitrogens is 2. The van der Waals surface area contributed by atoms with Crippen molar-refractivity contribution in [3.05, 3.63) is 113 Å². The molecule has 0 saturated carbocycles. The molecule has 5 nitrogen and oxygen atoms in total. The highest BCUT2D eigenvalue weighted by Crippen LogP contribution is 2.36. The molecule has 1 amide bonds. The predicted octanol–water partition coefficient (Wildman–Crippen LogP) is 7.52. The van der Waals surface area contributed by atoms with Gasteiger partial charge in [-0.1, -0.05) is 56.3 Å². The second kappa shape index (κ2) is 12.8. The Balaban J connectivity index is 1.43. The molecule has 0 bridgehead atoms. The fraction of sp³-hybridized carbons (Fsp3) is 0.333. The van der Waals surface area contributed by atoms with Gasteiger partial charge in [0, 0.05) is 36.5 Å². The lowest BCUT2D eigenvalue weighted by Crippen LogP contribution is -2.32. The molecule has 1 unspecified atom stereocenters. The highest BCUT2D eigenvalue weighted by molar-refractivity contribution is 7.97. The Morgan fingerprint density at radius 1 is 1.15 bits per heavy atom. The van der Waals surface area contributed by atoms with E-state index in [-0.39, 0.29) is 23.7 Å². The van der Waals surface area contributed by atoms with Crippen LogP contribution in [-0.4, -0.2) is 15.5 Å². The third kappa shape index (κ3) is 6.48. The van der Waals surface area contributed by atoms with E-state index in [0.29, 0.717) is 13.0 Å². The molecule has 2 atom stereocenters. The van der Waals surface area contributed by atoms with Gasteiger partial charge in [0.15, 0.2) is 0 Å². The fourth-order valence-corrected chi connectivity index (χ4v) is 6.31. The first-order valence-corrected chi connectivity index (χ1v) is 14.9. The maximum atomic E-state index is 14.0. The molecule has 4 aromatic rings. The first-order valence-electron chi connectivity index (χ1n) is 14.1. The molecular weight excluding hydrogens is 519 g/mol. The summed E-state index contributed by atoms with van der Waals surface area (Å²) in [4.78, 5) is 21.3. The van der Waals surface area contributed by atoms with Crippen molar-refractivity contribution in [2.45, 2.75) is 69.4 Å². The molecule has 0 saturated heterocycles. The summed E-state index contributed by atoms with van der Waals surface area (Å²) in [6.07, 6.45) is 6.22. The van der Waals surface area contributed by atoms with Crippen molar-refractivity contribution in [3.63, 3.8) is 0 Å². The molecule has 0 spiro atoms. The zero-order chi connectivity index (χ0) is 28.1. The van der Waals surface area contributed by atoms with Gasteiger partial charge in [-0.3, -0.25) is 9.52 Å². The van der Waals surface area contributed by atoms with Crippen LogP contribution in [0.15, 0.2) is 83.9 Å². The van der Waals surface area contributed by atoms with Crippen LogP contribution in [0.4, 0.5) is 10.1 Å². The number of carbonyl (C=O) groups is 1. The minimum atomic E-state index is -0.238. The average molecular weight is 557 g/mol. The van der Waals surface area contributed by atoms with Gasteiger partial charge in [0.05, 0.1) is 18.4 Å². The second-order valence-corrected chi connectivity index (χ2v) is 11.5. The Morgan fingerprint density at radius 2 is 1.98 bits per heavy atom. The Morgan fingerprint density at radius 3 is 2.73 bits per heavy atom. The topological polar surface area (TPSA) is 50.2 Å². The molecule has 40 heavy (non-hydrogen) atoms. The highest BCUT2D eigenvalue weighted by Gasteiger charge is 2.25. The monoisotopic (exact) mass is 556 g/mol. The van der Waals surface area contributed by atoms with Crippen molar-refractivity contribution < 1.29 is 9.18 Å². The summed E-state index contributed by atoms with van der Waals surface area (Å²) in [5, 5.41) is 0. The molecule has 208 valence electrons. The van der Waals surface area contributed by atoms with Crippen LogP contribution in [0.3, 0.4) is 0 Å². The van der Waals surface area contributed by atoms with Crippen LogP contribution < -0.4 is 9.62 Å². The first kappa shape index (κ1) is 28.1. The standard InChI is InChI=1S/C33H37FN4OS/c1-4-32-35-21-28(37(32)3)22-38(33(39)18-23(2)24-10-6-5-7-11-24)27-17-16-25-12-8-15-31(30(25)20-27)36-40-29-14-9-13-26(34)19-29/h5-7,9-11,13-14,16-17,19-21,23,31,36H,4,8,12,15,18,22H2,1-3H3/t23-,31?/m0/s1. The smallest absolute Gasteiger partial charge is 0.227 e. The van der Waals surface area contributed by atoms with E-state index >= 15 is 0 Å². The first-order chi connectivity index (χ1) is 19.4. The minimum absolute atomic E-state index is 0.0880. The molecule has 0 radical (unpaired) electrons. The van der Waals surface area contributed by atoms with Gasteiger partial charge in [-0.15, -0.1) is 0 Å². The van der Waals surface area contributed by atoms with Crippen molar-refractivity contribution in [1.29, 1.82) is 0 Å². The third-order valence-electron chi connectivity index (χ3n) is 7.84. The van der Waals surface area contributed by atoms with E-state index in [4.69, 9.17) is 0 Å². The summed E-state index contributed by atoms with van der Waals surface area (Å²) >= 11 is 1.46. The highest BCUT2D eigenvalue weighted by atomic mass is 32.2. The maximum Gasteiger partial charge on any atom is 0.227 e. The molecule has 3 aromatic carbocycles. The lowest BCUT2D eigenvalue weighted by Gasteiger charge is -2.30. The fourth-order valence-electron chi connectivity index (χ4n) is 5.47. The Kier molecular flexibility index (Phi) is 9.02. The van der Waals surface area contributed by atoms with Crippen LogP contribution in [-0.2, 0) is 31.2 Å². The zero-order valence-electron chi connectivity index (χ0n) is 23.4. The summed E-state index contributed by atoms with van der Waals surface area (Å²) in [7, 11) is 2.02. The number of rotatable bonds is 10. The van der Waals surface area contributed by atoms with Gasteiger partial charge in [-0.05, 0) is 84.2 Å². The summed E-state index contributed by atoms with van der Waals surface area (Å²) < 4.78 is 19.4. The zero-order valence-corrected chi connectivity index (χ0v) is 24.3. The van der Waals surface area contributed by atoms with Crippen LogP contribution in [0.1, 0.15) is 73.3 Å². The van der Waals surface area contributed by atoms with E-state index in [1.807, 2.05) is 42.4 Å². The number of nitrogens with zero attached hydrogens (tertiary/aromatic N) is 3. The second-order valence-electron chi connectivity index (χ2n) is 10.6. The molecule has 7 heteroatoms. The van der Waals surface area contributed by atoms with Gasteiger partial charge < -0.3 is 9.47 Å². The van der Waals surface area contributed by atoms with Gasteiger partial charge in [0.1, 0.15) is 11.6 Å². The molecule has 5 rings (SSSR count). The Bertz CT molecular complexity index is 1450. The maximum absolute atomic E-state index is 14.0. The van der Waals surface area contributed by atoms with Crippen LogP contribution in [0.25, 0.3) is 0 Å². The van der Waals surface area contributed by atoms with E-state index in [9.17, 15) is 9.18 Å². The number of benzene rings is 3. The van der Waals surface area contributed by atoms with Crippen LogP contribution in [0, 0.1) is 5.82 Å². The number of aryl methyl sites for hydroxylation is 2. The quantitative estimate of drug-likeness (QED) is 0.205. The Hall–Kier alpha value is -3.42. The molecular formula is C33H37FN4OS. The lowest BCUT2D eigenvalue weighted by atomic mass is 9.87. The van der Waals surface area contributed by atoms with Crippen molar-refractivity contribution in [3.8, 4) is 0 Å². The molecule has 1 aromatic heterocycles. The van der Waals surface area contributed by atoms with E-state index in [0.717, 1.165) is 53.3 Å². The summed E-state index contributed by atoms with van der Waals surface area (Å²) in [5.74, 6) is 0.955. The van der Waals surface area contributed by atoms with Gasteiger partial charge in [-0.2, -0.15) is 0 Å². The summed E-state index contributed by atoms with van der Waals surface area (Å²) in [6, 6.07) is 23.4. The van der Waals surface area contributed by atoms with Crippen molar-refractivity contribution in [2.24, 2.45) is 7.05 Å². The van der Waals surface area contributed by atoms with Gasteiger partial charge in [-0.25, -0.2) is 9.37 Å². The third-order valence-corrected chi connectivity index (χ3v) is 8.73. The number of imidazole rings is 1. The van der Waals surface area contributed by atoms with Gasteiger partial charge in [0.2, 0.25) is 5.91 Å². The average Bonchev–Trinajstić information content (AvgIpc) is 3.33. The van der Waals surface area contributed by atoms with E-state index in [1.165, 1.54) is 29.1 Å². The van der Waals surface area contributed by atoms with E-state index in [2.05, 4.69) is 58.5 Å². The van der Waals surface area contributed by atoms with Crippen LogP contribution in [0.2, 0.25) is 0 Å². The number of anilines is 1. The van der Waals surface area contributed by atoms with Crippen LogP contribution in [0.5, 0.6) is 0 Å². The number of nitrogens with one attached hydrogen (secondary N) is 1. The molecule has 1 N–H and O–H groups in total. The number of carbonyl (C=O) groups excluding carboxylic acids is 1. The van der Waals surface area contributed by atoms with Crippen molar-refractivity contribution in [2.75, 3.05) is 4.90 Å². The molecule has 0 aliphatic heterocycles. The molecule has 1 heterocycles. The molecule has 0 fully saturated rings. The van der Waals surface area contributed by atoms with Crippen LogP contribution >= 0.6 is 11.9 Å². The number of fused-ring (bicyclic) bond motifs is 1. The van der Waals surface area contributed by atoms with Gasteiger partial charge >= 0.3 is 0 Å². The predicted molar refractivity (Wildman–Crippen MR) is 161 cm³/mol. The minimum Gasteiger partial charge on any atom is -0.334 e. The summed E-state index contributed by atoms with van der Waals surface area (Å²) in [5.41, 5.74) is 5.57. The normalized spacial score (nSPS) is 15.4. The van der Waals surface area contributed by atoms with E-state index in [1.54, 1.807) is 12.1 Å². The molecule has 1 aliphatic carbocycles. The number of hydrogen-bond acceptors (Lipinski definition) is 4. The van der Waals surface area contributed by atoms with E-state index < -0.39 is 0 Å². The number of halogens is 1. The SMILES string of the molecule is CCc1ncc(CN(C(=O)C[C@H](C)c2ccccc2)c2ccc3c(c2)C(NSc2cccc(F)c2)CCC3)n1C. The van der Waals surface area contributed by atoms with Gasteiger partial charge in [0.25, 0.3) is 0 Å².